The second-order valence-corrected chi connectivity index (χ2v) is 5.28. The minimum Gasteiger partial charge on any atom is -0.364 e. The molecule has 2 aromatic rings. The fourth-order valence-electron chi connectivity index (χ4n) is 1.84. The van der Waals surface area contributed by atoms with Crippen LogP contribution in [-0.4, -0.2) is 4.98 Å². The number of nitrogens with one attached hydrogen (secondary N) is 1. The average molecular weight is 311 g/mol. The molecule has 0 unspecified atom stereocenters. The van der Waals surface area contributed by atoms with Gasteiger partial charge < -0.3 is 5.32 Å². The summed E-state index contributed by atoms with van der Waals surface area (Å²) in [7, 11) is 0. The van der Waals surface area contributed by atoms with E-state index in [0.717, 1.165) is 29.0 Å². The van der Waals surface area contributed by atoms with Crippen LogP contribution in [0.2, 0.25) is 0 Å². The largest absolute Gasteiger partial charge is 0.433 e. The molecule has 0 fully saturated rings. The van der Waals surface area contributed by atoms with Crippen molar-refractivity contribution in [2.24, 2.45) is 0 Å². The van der Waals surface area contributed by atoms with Gasteiger partial charge in [-0.2, -0.15) is 18.4 Å². The molecule has 0 aromatic carbocycles. The number of nitrogens with zero attached hydrogens (tertiary/aromatic N) is 2. The Balaban J connectivity index is 2.24. The molecule has 3 nitrogen and oxygen atoms in total. The molecule has 0 aliphatic heterocycles. The van der Waals surface area contributed by atoms with Crippen molar-refractivity contribution in [1.82, 2.24) is 4.98 Å². The number of hydrogen-bond donors (Lipinski definition) is 1. The minimum atomic E-state index is -4.53. The van der Waals surface area contributed by atoms with Crippen molar-refractivity contribution in [2.45, 2.75) is 26.1 Å². The van der Waals surface area contributed by atoms with Crippen LogP contribution in [0.5, 0.6) is 0 Å². The summed E-state index contributed by atoms with van der Waals surface area (Å²) in [5.41, 5.74) is 0.224. The Morgan fingerprint density at radius 2 is 2.10 bits per heavy atom. The van der Waals surface area contributed by atoms with Gasteiger partial charge in [0, 0.05) is 4.88 Å². The Morgan fingerprint density at radius 3 is 2.71 bits per heavy atom. The third-order valence-electron chi connectivity index (χ3n) is 2.94. The molecule has 0 bridgehead atoms. The van der Waals surface area contributed by atoms with Gasteiger partial charge in [-0.3, -0.25) is 0 Å². The van der Waals surface area contributed by atoms with Crippen LogP contribution in [0.4, 0.5) is 19.0 Å². The van der Waals surface area contributed by atoms with Gasteiger partial charge in [0.25, 0.3) is 0 Å². The predicted octanol–water partition coefficient (Wildman–Crippen LogP) is 4.21. The van der Waals surface area contributed by atoms with Gasteiger partial charge in [0.2, 0.25) is 0 Å². The highest BCUT2D eigenvalue weighted by atomic mass is 32.1. The number of pyridine rings is 1. The smallest absolute Gasteiger partial charge is 0.364 e. The van der Waals surface area contributed by atoms with Crippen molar-refractivity contribution in [3.63, 3.8) is 0 Å². The molecule has 0 atom stereocenters. The van der Waals surface area contributed by atoms with Gasteiger partial charge in [0.1, 0.15) is 17.6 Å². The van der Waals surface area contributed by atoms with Gasteiger partial charge in [-0.05, 0) is 35.6 Å². The molecule has 2 heterocycles. The number of thiophene rings is 1. The number of aryl methyl sites for hydroxylation is 1. The van der Waals surface area contributed by atoms with Crippen LogP contribution >= 0.6 is 11.3 Å². The van der Waals surface area contributed by atoms with E-state index in [-0.39, 0.29) is 11.4 Å². The Morgan fingerprint density at radius 1 is 1.33 bits per heavy atom. The standard InChI is InChI=1S/C14H12F3N3S/c1-2-9-5-6-21-11(9)8-19-13-10(7-18)3-4-12(20-13)14(15,16)17/h3-6H,2,8H2,1H3,(H,19,20). The maximum absolute atomic E-state index is 12.7. The molecule has 21 heavy (non-hydrogen) atoms. The summed E-state index contributed by atoms with van der Waals surface area (Å²) < 4.78 is 38.0. The molecule has 0 spiro atoms. The first-order valence-corrected chi connectivity index (χ1v) is 7.11. The number of halogens is 3. The molecule has 1 N–H and O–H groups in total. The first-order chi connectivity index (χ1) is 9.95. The van der Waals surface area contributed by atoms with E-state index in [4.69, 9.17) is 5.26 Å². The van der Waals surface area contributed by atoms with Gasteiger partial charge in [-0.15, -0.1) is 11.3 Å². The molecule has 2 aromatic heterocycles. The monoisotopic (exact) mass is 311 g/mol. The lowest BCUT2D eigenvalue weighted by Gasteiger charge is -2.11. The summed E-state index contributed by atoms with van der Waals surface area (Å²) in [4.78, 5) is 4.54. The lowest BCUT2D eigenvalue weighted by atomic mass is 10.2. The second-order valence-electron chi connectivity index (χ2n) is 4.28. The topological polar surface area (TPSA) is 48.7 Å². The fraction of sp³-hybridized carbons (Fsp3) is 0.286. The highest BCUT2D eigenvalue weighted by Crippen LogP contribution is 2.29. The van der Waals surface area contributed by atoms with Crippen LogP contribution in [0, 0.1) is 11.3 Å². The number of rotatable bonds is 4. The Kier molecular flexibility index (Phi) is 4.48. The molecular weight excluding hydrogens is 299 g/mol. The summed E-state index contributed by atoms with van der Waals surface area (Å²) in [6.07, 6.45) is -3.68. The number of aromatic nitrogens is 1. The van der Waals surface area contributed by atoms with E-state index >= 15 is 0 Å². The zero-order valence-corrected chi connectivity index (χ0v) is 12.0. The number of nitriles is 1. The summed E-state index contributed by atoms with van der Waals surface area (Å²) in [5, 5.41) is 13.7. The SMILES string of the molecule is CCc1ccsc1CNc1nc(C(F)(F)F)ccc1C#N. The fourth-order valence-corrected chi connectivity index (χ4v) is 2.76. The van der Waals surface area contributed by atoms with Crippen LogP contribution in [0.3, 0.4) is 0 Å². The molecule has 0 aliphatic rings. The highest BCUT2D eigenvalue weighted by Gasteiger charge is 2.33. The maximum atomic E-state index is 12.7. The number of hydrogen-bond acceptors (Lipinski definition) is 4. The quantitative estimate of drug-likeness (QED) is 0.920. The molecule has 0 radical (unpaired) electrons. The molecule has 0 saturated carbocycles. The Hall–Kier alpha value is -2.07. The summed E-state index contributed by atoms with van der Waals surface area (Å²) in [5.74, 6) is -0.0391. The molecule has 2 rings (SSSR count). The number of alkyl halides is 3. The summed E-state index contributed by atoms with van der Waals surface area (Å²) >= 11 is 1.52. The molecule has 0 saturated heterocycles. The first kappa shape index (κ1) is 15.3. The molecular formula is C14H12F3N3S. The molecule has 0 aliphatic carbocycles. The van der Waals surface area contributed by atoms with Crippen LogP contribution in [0.15, 0.2) is 23.6 Å². The average Bonchev–Trinajstić information content (AvgIpc) is 2.91. The van der Waals surface area contributed by atoms with E-state index in [1.807, 2.05) is 24.4 Å². The zero-order valence-electron chi connectivity index (χ0n) is 11.2. The van der Waals surface area contributed by atoms with Gasteiger partial charge in [-0.1, -0.05) is 6.92 Å². The summed E-state index contributed by atoms with van der Waals surface area (Å²) in [6.45, 7) is 2.36. The van der Waals surface area contributed by atoms with E-state index in [2.05, 4.69) is 10.3 Å². The Labute approximate surface area is 124 Å². The van der Waals surface area contributed by atoms with Crippen molar-refractivity contribution in [2.75, 3.05) is 5.32 Å². The highest BCUT2D eigenvalue weighted by molar-refractivity contribution is 7.10. The van der Waals surface area contributed by atoms with E-state index in [1.165, 1.54) is 11.3 Å². The Bertz CT molecular complexity index is 671. The predicted molar refractivity (Wildman–Crippen MR) is 75.0 cm³/mol. The first-order valence-electron chi connectivity index (χ1n) is 6.23. The van der Waals surface area contributed by atoms with Gasteiger partial charge in [-0.25, -0.2) is 4.98 Å². The van der Waals surface area contributed by atoms with Crippen molar-refractivity contribution in [3.05, 3.63) is 45.3 Å². The normalized spacial score (nSPS) is 11.2. The summed E-state index contributed by atoms with van der Waals surface area (Å²) in [6, 6.07) is 5.77. The van der Waals surface area contributed by atoms with Crippen molar-refractivity contribution in [1.29, 1.82) is 5.26 Å². The van der Waals surface area contributed by atoms with Crippen molar-refractivity contribution >= 4 is 17.2 Å². The van der Waals surface area contributed by atoms with E-state index < -0.39 is 11.9 Å². The van der Waals surface area contributed by atoms with Crippen LogP contribution < -0.4 is 5.32 Å². The van der Waals surface area contributed by atoms with Gasteiger partial charge in [0.15, 0.2) is 0 Å². The van der Waals surface area contributed by atoms with Crippen LogP contribution in [0.25, 0.3) is 0 Å². The van der Waals surface area contributed by atoms with Crippen molar-refractivity contribution in [3.8, 4) is 6.07 Å². The van der Waals surface area contributed by atoms with Crippen LogP contribution in [-0.2, 0) is 19.1 Å². The molecule has 0 amide bonds. The second kappa shape index (κ2) is 6.14. The van der Waals surface area contributed by atoms with Gasteiger partial charge >= 0.3 is 6.18 Å². The number of anilines is 1. The van der Waals surface area contributed by atoms with Crippen LogP contribution in [0.1, 0.15) is 28.6 Å². The lowest BCUT2D eigenvalue weighted by Crippen LogP contribution is -2.11. The zero-order chi connectivity index (χ0) is 15.5. The minimum absolute atomic E-state index is 0.0391. The lowest BCUT2D eigenvalue weighted by molar-refractivity contribution is -0.141. The van der Waals surface area contributed by atoms with Crippen molar-refractivity contribution < 1.29 is 13.2 Å². The van der Waals surface area contributed by atoms with E-state index in [0.29, 0.717) is 6.54 Å². The third kappa shape index (κ3) is 3.52. The van der Waals surface area contributed by atoms with E-state index in [1.54, 1.807) is 0 Å². The molecule has 7 heteroatoms. The third-order valence-corrected chi connectivity index (χ3v) is 3.90. The molecule has 110 valence electrons. The maximum Gasteiger partial charge on any atom is 0.433 e. The van der Waals surface area contributed by atoms with E-state index in [9.17, 15) is 13.2 Å². The van der Waals surface area contributed by atoms with Gasteiger partial charge in [0.05, 0.1) is 12.1 Å².